The van der Waals surface area contributed by atoms with E-state index in [1.165, 1.54) is 17.6 Å². The van der Waals surface area contributed by atoms with Gasteiger partial charge in [-0.3, -0.25) is 14.0 Å². The highest BCUT2D eigenvalue weighted by molar-refractivity contribution is 6.09. The largest absolute Gasteiger partial charge is 0.497 e. The molecule has 0 spiro atoms. The molecule has 0 saturated heterocycles. The number of para-hydroxylation sites is 1. The number of carbonyl (C=O) groups is 1. The third-order valence-corrected chi connectivity index (χ3v) is 4.99. The fraction of sp³-hybridized carbons (Fsp3) is 0.0769. The first-order chi connectivity index (χ1) is 16.5. The number of rotatable bonds is 6. The summed E-state index contributed by atoms with van der Waals surface area (Å²) in [4.78, 5) is 30.7. The van der Waals surface area contributed by atoms with Crippen LogP contribution >= 0.6 is 0 Å². The van der Waals surface area contributed by atoms with Crippen LogP contribution in [0.25, 0.3) is 11.7 Å². The Kier molecular flexibility index (Phi) is 6.37. The minimum absolute atomic E-state index is 0.00701. The monoisotopic (exact) mass is 452 g/mol. The fourth-order valence-electron chi connectivity index (χ4n) is 3.29. The molecule has 0 aliphatic heterocycles. The van der Waals surface area contributed by atoms with Crippen LogP contribution in [0.2, 0.25) is 0 Å². The highest BCUT2D eigenvalue weighted by Crippen LogP contribution is 2.25. The van der Waals surface area contributed by atoms with Gasteiger partial charge in [0, 0.05) is 18.0 Å². The van der Waals surface area contributed by atoms with Gasteiger partial charge in [-0.15, -0.1) is 0 Å². The molecule has 0 saturated carbocycles. The molecule has 4 rings (SSSR count). The van der Waals surface area contributed by atoms with E-state index < -0.39 is 11.5 Å². The van der Waals surface area contributed by atoms with E-state index in [1.807, 2.05) is 25.1 Å². The fourth-order valence-corrected chi connectivity index (χ4v) is 3.29. The summed E-state index contributed by atoms with van der Waals surface area (Å²) >= 11 is 0. The van der Waals surface area contributed by atoms with Crippen LogP contribution in [-0.4, -0.2) is 22.4 Å². The first-order valence-corrected chi connectivity index (χ1v) is 10.3. The minimum Gasteiger partial charge on any atom is -0.497 e. The second-order valence-corrected chi connectivity index (χ2v) is 7.29. The molecule has 34 heavy (non-hydrogen) atoms. The average Bonchev–Trinajstić information content (AvgIpc) is 2.85. The number of aryl methyl sites for hydroxylation is 1. The van der Waals surface area contributed by atoms with Crippen LogP contribution in [0.5, 0.6) is 17.4 Å². The normalized spacial score (nSPS) is 11.0. The lowest BCUT2D eigenvalue weighted by Crippen LogP contribution is -2.20. The van der Waals surface area contributed by atoms with Crippen LogP contribution in [0, 0.1) is 18.3 Å². The van der Waals surface area contributed by atoms with Gasteiger partial charge in [-0.05, 0) is 48.9 Å². The first-order valence-electron chi connectivity index (χ1n) is 10.3. The smallest absolute Gasteiger partial charge is 0.269 e. The maximum atomic E-state index is 13.3. The molecule has 0 bridgehead atoms. The summed E-state index contributed by atoms with van der Waals surface area (Å²) < 4.78 is 12.4. The maximum Gasteiger partial charge on any atom is 0.269 e. The lowest BCUT2D eigenvalue weighted by molar-refractivity contribution is -0.112. The average molecular weight is 452 g/mol. The van der Waals surface area contributed by atoms with Gasteiger partial charge in [-0.2, -0.15) is 10.2 Å². The zero-order chi connectivity index (χ0) is 24.1. The maximum absolute atomic E-state index is 13.3. The van der Waals surface area contributed by atoms with E-state index in [-0.39, 0.29) is 17.0 Å². The number of ether oxygens (including phenoxy) is 2. The number of benzene rings is 2. The predicted octanol–water partition coefficient (Wildman–Crippen LogP) is 4.35. The molecule has 0 aliphatic carbocycles. The molecule has 4 aromatic rings. The minimum atomic E-state index is -0.685. The quantitative estimate of drug-likeness (QED) is 0.344. The lowest BCUT2D eigenvalue weighted by Gasteiger charge is -2.11. The summed E-state index contributed by atoms with van der Waals surface area (Å²) in [6, 6.07) is 21.0. The first kappa shape index (κ1) is 22.3. The lowest BCUT2D eigenvalue weighted by atomic mass is 10.1. The van der Waals surface area contributed by atoms with Gasteiger partial charge in [0.05, 0.1) is 7.11 Å². The van der Waals surface area contributed by atoms with Crippen LogP contribution in [0.1, 0.15) is 11.1 Å². The van der Waals surface area contributed by atoms with Crippen molar-refractivity contribution in [3.8, 4) is 23.4 Å². The third kappa shape index (κ3) is 4.64. The molecule has 0 radical (unpaired) electrons. The zero-order valence-corrected chi connectivity index (χ0v) is 18.5. The van der Waals surface area contributed by atoms with E-state index in [1.54, 1.807) is 60.8 Å². The summed E-state index contributed by atoms with van der Waals surface area (Å²) in [6.45, 7) is 1.83. The Morgan fingerprint density at radius 1 is 1.09 bits per heavy atom. The van der Waals surface area contributed by atoms with Crippen LogP contribution in [0.4, 0.5) is 5.69 Å². The van der Waals surface area contributed by atoms with Gasteiger partial charge < -0.3 is 14.8 Å². The number of hydrogen-bond acceptors (Lipinski definition) is 6. The Hall–Kier alpha value is -4.90. The number of aromatic nitrogens is 2. The molecule has 2 aromatic heterocycles. The summed E-state index contributed by atoms with van der Waals surface area (Å²) in [5, 5.41) is 12.3. The van der Waals surface area contributed by atoms with Crippen LogP contribution < -0.4 is 20.3 Å². The van der Waals surface area contributed by atoms with E-state index in [4.69, 9.17) is 9.47 Å². The Bertz CT molecular complexity index is 1500. The number of nitriles is 1. The Morgan fingerprint density at radius 3 is 2.59 bits per heavy atom. The molecule has 8 heteroatoms. The van der Waals surface area contributed by atoms with Gasteiger partial charge in [0.25, 0.3) is 11.5 Å². The molecule has 168 valence electrons. The predicted molar refractivity (Wildman–Crippen MR) is 128 cm³/mol. The van der Waals surface area contributed by atoms with Crippen molar-refractivity contribution in [1.29, 1.82) is 5.26 Å². The SMILES string of the molecule is COc1cccc(NC(=O)/C(C#N)=C\c2c(Oc3ccccc3)nc3c(C)cccn3c2=O)c1. The number of pyridine rings is 1. The summed E-state index contributed by atoms with van der Waals surface area (Å²) in [5.41, 5.74) is 0.840. The summed E-state index contributed by atoms with van der Waals surface area (Å²) in [7, 11) is 1.51. The molecular formula is C26H20N4O4. The number of fused-ring (bicyclic) bond motifs is 1. The van der Waals surface area contributed by atoms with E-state index in [9.17, 15) is 14.9 Å². The van der Waals surface area contributed by atoms with Gasteiger partial charge in [-0.1, -0.05) is 30.3 Å². The van der Waals surface area contributed by atoms with Crippen molar-refractivity contribution in [3.63, 3.8) is 0 Å². The molecule has 0 fully saturated rings. The van der Waals surface area contributed by atoms with Gasteiger partial charge in [0.2, 0.25) is 5.88 Å². The van der Waals surface area contributed by atoms with Gasteiger partial charge >= 0.3 is 0 Å². The van der Waals surface area contributed by atoms with Crippen molar-refractivity contribution < 1.29 is 14.3 Å². The summed E-state index contributed by atoms with van der Waals surface area (Å²) in [6.07, 6.45) is 2.77. The van der Waals surface area contributed by atoms with Crippen LogP contribution in [-0.2, 0) is 4.79 Å². The van der Waals surface area contributed by atoms with Crippen molar-refractivity contribution in [2.75, 3.05) is 12.4 Å². The van der Waals surface area contributed by atoms with Crippen LogP contribution in [0.3, 0.4) is 0 Å². The zero-order valence-electron chi connectivity index (χ0n) is 18.5. The standard InChI is InChI=1S/C26H20N4O4/c1-17-8-7-13-30-23(17)29-25(34-20-10-4-3-5-11-20)22(26(30)32)14-18(16-27)24(31)28-19-9-6-12-21(15-19)33-2/h3-15H,1-2H3,(H,28,31)/b18-14-. The second kappa shape index (κ2) is 9.71. The number of anilines is 1. The second-order valence-electron chi connectivity index (χ2n) is 7.29. The molecule has 8 nitrogen and oxygen atoms in total. The summed E-state index contributed by atoms with van der Waals surface area (Å²) in [5.74, 6) is 0.315. The number of amides is 1. The molecule has 2 heterocycles. The van der Waals surface area contributed by atoms with E-state index in [2.05, 4.69) is 10.3 Å². The van der Waals surface area contributed by atoms with Crippen molar-refractivity contribution in [3.05, 3.63) is 100.0 Å². The molecule has 0 aliphatic rings. The topological polar surface area (TPSA) is 106 Å². The molecule has 1 amide bonds. The Morgan fingerprint density at radius 2 is 1.85 bits per heavy atom. The van der Waals surface area contributed by atoms with Crippen molar-refractivity contribution >= 4 is 23.3 Å². The van der Waals surface area contributed by atoms with Crippen molar-refractivity contribution in [2.45, 2.75) is 6.92 Å². The third-order valence-electron chi connectivity index (χ3n) is 4.99. The van der Waals surface area contributed by atoms with E-state index >= 15 is 0 Å². The number of hydrogen-bond donors (Lipinski definition) is 1. The molecule has 1 N–H and O–H groups in total. The number of nitrogens with one attached hydrogen (secondary N) is 1. The molecular weight excluding hydrogens is 432 g/mol. The van der Waals surface area contributed by atoms with Crippen LogP contribution in [0.15, 0.2) is 83.3 Å². The highest BCUT2D eigenvalue weighted by Gasteiger charge is 2.18. The Labute approximate surface area is 195 Å². The van der Waals surface area contributed by atoms with Gasteiger partial charge in [-0.25, -0.2) is 0 Å². The van der Waals surface area contributed by atoms with Crippen molar-refractivity contribution in [2.24, 2.45) is 0 Å². The van der Waals surface area contributed by atoms with E-state index in [0.29, 0.717) is 22.8 Å². The molecule has 0 unspecified atom stereocenters. The number of methoxy groups -OCH3 is 1. The number of nitrogens with zero attached hydrogens (tertiary/aromatic N) is 3. The van der Waals surface area contributed by atoms with Gasteiger partial charge in [0.1, 0.15) is 34.4 Å². The molecule has 0 atom stereocenters. The molecule has 2 aromatic carbocycles. The van der Waals surface area contributed by atoms with Gasteiger partial charge in [0.15, 0.2) is 0 Å². The Balaban J connectivity index is 1.81. The van der Waals surface area contributed by atoms with Crippen molar-refractivity contribution in [1.82, 2.24) is 9.38 Å². The van der Waals surface area contributed by atoms with E-state index in [0.717, 1.165) is 5.56 Å². The highest BCUT2D eigenvalue weighted by atomic mass is 16.5. The number of carbonyl (C=O) groups excluding carboxylic acids is 1.